The molecule has 2 aromatic carbocycles. The van der Waals surface area contributed by atoms with Crippen molar-refractivity contribution in [1.29, 1.82) is 0 Å². The molecular weight excluding hydrogens is 276 g/mol. The van der Waals surface area contributed by atoms with Gasteiger partial charge in [0, 0.05) is 36.0 Å². The lowest BCUT2D eigenvalue weighted by molar-refractivity contribution is 0.0967. The Hall–Kier alpha value is -2.33. The maximum Gasteiger partial charge on any atom is 0.252 e. The molecule has 0 saturated heterocycles. The van der Waals surface area contributed by atoms with Crippen molar-refractivity contribution in [3.05, 3.63) is 47.0 Å². The Morgan fingerprint density at radius 2 is 2.09 bits per heavy atom. The molecule has 0 unspecified atom stereocenters. The summed E-state index contributed by atoms with van der Waals surface area (Å²) < 4.78 is 2.22. The van der Waals surface area contributed by atoms with Crippen LogP contribution in [-0.4, -0.2) is 22.2 Å². The molecule has 4 nitrogen and oxygen atoms in total. The molecule has 0 fully saturated rings. The number of carbonyl (C=O) groups excluding carboxylic acids is 1. The van der Waals surface area contributed by atoms with Crippen molar-refractivity contribution in [3.63, 3.8) is 0 Å². The van der Waals surface area contributed by atoms with E-state index in [1.807, 2.05) is 12.1 Å². The second kappa shape index (κ2) is 4.85. The lowest BCUT2D eigenvalue weighted by Gasteiger charge is -2.08. The van der Waals surface area contributed by atoms with Crippen LogP contribution in [0.25, 0.3) is 21.8 Å². The van der Waals surface area contributed by atoms with Gasteiger partial charge in [-0.3, -0.25) is 4.79 Å². The number of carbonyl (C=O) groups is 1. The van der Waals surface area contributed by atoms with Crippen LogP contribution in [0.15, 0.2) is 30.3 Å². The molecule has 0 radical (unpaired) electrons. The second-order valence-electron chi connectivity index (χ2n) is 5.87. The number of aliphatic hydroxyl groups is 1. The summed E-state index contributed by atoms with van der Waals surface area (Å²) in [5, 5.41) is 14.3. The van der Waals surface area contributed by atoms with Gasteiger partial charge in [-0.25, -0.2) is 0 Å². The number of aryl methyl sites for hydroxylation is 2. The molecule has 0 saturated carbocycles. The van der Waals surface area contributed by atoms with Gasteiger partial charge >= 0.3 is 0 Å². The van der Waals surface area contributed by atoms with Crippen LogP contribution in [-0.2, 0) is 13.1 Å². The molecule has 0 aliphatic carbocycles. The van der Waals surface area contributed by atoms with E-state index in [9.17, 15) is 9.90 Å². The van der Waals surface area contributed by atoms with Crippen molar-refractivity contribution in [2.24, 2.45) is 0 Å². The number of aliphatic hydroxyl groups excluding tert-OH is 1. The summed E-state index contributed by atoms with van der Waals surface area (Å²) >= 11 is 0. The van der Waals surface area contributed by atoms with Crippen LogP contribution in [0.4, 0.5) is 0 Å². The Bertz CT molecular complexity index is 908. The van der Waals surface area contributed by atoms with Gasteiger partial charge in [-0.05, 0) is 36.6 Å². The molecule has 0 bridgehead atoms. The van der Waals surface area contributed by atoms with Crippen LogP contribution in [0.5, 0.6) is 0 Å². The SMILES string of the molecule is Cc1cc2c(c3c1CNC3=O)c1ccccc1n2CCCO. The monoisotopic (exact) mass is 294 g/mol. The molecule has 0 spiro atoms. The van der Waals surface area contributed by atoms with E-state index in [0.29, 0.717) is 13.0 Å². The van der Waals surface area contributed by atoms with Crippen molar-refractivity contribution in [2.75, 3.05) is 6.61 Å². The zero-order valence-corrected chi connectivity index (χ0v) is 12.5. The number of hydrogen-bond donors (Lipinski definition) is 2. The molecule has 1 aliphatic rings. The van der Waals surface area contributed by atoms with E-state index in [1.54, 1.807) is 0 Å². The van der Waals surface area contributed by atoms with E-state index in [-0.39, 0.29) is 12.5 Å². The van der Waals surface area contributed by atoms with E-state index in [0.717, 1.165) is 45.0 Å². The second-order valence-corrected chi connectivity index (χ2v) is 5.87. The molecule has 3 aromatic rings. The summed E-state index contributed by atoms with van der Waals surface area (Å²) in [5.41, 5.74) is 5.30. The third kappa shape index (κ3) is 1.70. The van der Waals surface area contributed by atoms with E-state index < -0.39 is 0 Å². The van der Waals surface area contributed by atoms with Crippen LogP contribution in [0.2, 0.25) is 0 Å². The first-order valence-electron chi connectivity index (χ1n) is 7.65. The molecule has 1 aromatic heterocycles. The van der Waals surface area contributed by atoms with Crippen LogP contribution in [0.1, 0.15) is 27.9 Å². The van der Waals surface area contributed by atoms with E-state index >= 15 is 0 Å². The Morgan fingerprint density at radius 3 is 2.91 bits per heavy atom. The molecule has 1 amide bonds. The third-order valence-corrected chi connectivity index (χ3v) is 4.58. The Balaban J connectivity index is 2.16. The van der Waals surface area contributed by atoms with Gasteiger partial charge in [0.25, 0.3) is 5.91 Å². The third-order valence-electron chi connectivity index (χ3n) is 4.58. The number of rotatable bonds is 3. The lowest BCUT2D eigenvalue weighted by atomic mass is 9.98. The fourth-order valence-corrected chi connectivity index (χ4v) is 3.58. The van der Waals surface area contributed by atoms with E-state index in [1.165, 1.54) is 0 Å². The molecule has 112 valence electrons. The van der Waals surface area contributed by atoms with Gasteiger partial charge in [0.2, 0.25) is 0 Å². The quantitative estimate of drug-likeness (QED) is 0.780. The average Bonchev–Trinajstić information content (AvgIpc) is 3.04. The van der Waals surface area contributed by atoms with Gasteiger partial charge in [0.05, 0.1) is 11.1 Å². The maximum atomic E-state index is 12.3. The fraction of sp³-hybridized carbons (Fsp3) is 0.278. The van der Waals surface area contributed by atoms with E-state index in [2.05, 4.69) is 35.0 Å². The zero-order valence-electron chi connectivity index (χ0n) is 12.5. The molecular formula is C18H18N2O2. The number of aromatic nitrogens is 1. The number of nitrogens with zero attached hydrogens (tertiary/aromatic N) is 1. The normalized spacial score (nSPS) is 13.8. The van der Waals surface area contributed by atoms with Crippen molar-refractivity contribution in [3.8, 4) is 0 Å². The molecule has 4 heteroatoms. The van der Waals surface area contributed by atoms with E-state index in [4.69, 9.17) is 0 Å². The summed E-state index contributed by atoms with van der Waals surface area (Å²) in [7, 11) is 0. The number of fused-ring (bicyclic) bond motifs is 5. The number of nitrogens with one attached hydrogen (secondary N) is 1. The van der Waals surface area contributed by atoms with Crippen LogP contribution in [0, 0.1) is 6.92 Å². The molecule has 2 heterocycles. The van der Waals surface area contributed by atoms with Gasteiger partial charge in [0.1, 0.15) is 0 Å². The summed E-state index contributed by atoms with van der Waals surface area (Å²) in [6.45, 7) is 3.59. The minimum absolute atomic E-state index is 0.0220. The topological polar surface area (TPSA) is 54.3 Å². The summed E-state index contributed by atoms with van der Waals surface area (Å²) in [6, 6.07) is 10.4. The van der Waals surface area contributed by atoms with Crippen LogP contribution >= 0.6 is 0 Å². The van der Waals surface area contributed by atoms with Gasteiger partial charge < -0.3 is 15.0 Å². The van der Waals surface area contributed by atoms with Crippen LogP contribution in [0.3, 0.4) is 0 Å². The highest BCUT2D eigenvalue weighted by molar-refractivity contribution is 6.20. The van der Waals surface area contributed by atoms with Crippen molar-refractivity contribution in [2.45, 2.75) is 26.4 Å². The largest absolute Gasteiger partial charge is 0.396 e. The minimum Gasteiger partial charge on any atom is -0.396 e. The molecule has 4 rings (SSSR count). The smallest absolute Gasteiger partial charge is 0.252 e. The fourth-order valence-electron chi connectivity index (χ4n) is 3.58. The standard InChI is InChI=1S/C18H18N2O2/c1-11-9-15-16(17-13(11)10-19-18(17)22)12-5-2-3-6-14(12)20(15)7-4-8-21/h2-3,5-6,9,21H,4,7-8,10H2,1H3,(H,19,22). The molecule has 1 aliphatic heterocycles. The Labute approximate surface area is 128 Å². The molecule has 22 heavy (non-hydrogen) atoms. The number of para-hydroxylation sites is 1. The van der Waals surface area contributed by atoms with Crippen molar-refractivity contribution >= 4 is 27.7 Å². The highest BCUT2D eigenvalue weighted by Crippen LogP contribution is 2.36. The number of hydrogen-bond acceptors (Lipinski definition) is 2. The first-order valence-corrected chi connectivity index (χ1v) is 7.65. The lowest BCUT2D eigenvalue weighted by Crippen LogP contribution is -2.12. The van der Waals surface area contributed by atoms with Gasteiger partial charge in [0.15, 0.2) is 0 Å². The highest BCUT2D eigenvalue weighted by Gasteiger charge is 2.26. The number of amides is 1. The Kier molecular flexibility index (Phi) is 2.94. The van der Waals surface area contributed by atoms with Gasteiger partial charge in [-0.15, -0.1) is 0 Å². The predicted octanol–water partition coefficient (Wildman–Crippen LogP) is 2.73. The van der Waals surface area contributed by atoms with Gasteiger partial charge in [-0.1, -0.05) is 18.2 Å². The van der Waals surface area contributed by atoms with Crippen LogP contribution < -0.4 is 5.32 Å². The van der Waals surface area contributed by atoms with Crippen molar-refractivity contribution in [1.82, 2.24) is 9.88 Å². The molecule has 0 atom stereocenters. The highest BCUT2D eigenvalue weighted by atomic mass is 16.3. The number of benzene rings is 2. The van der Waals surface area contributed by atoms with Gasteiger partial charge in [-0.2, -0.15) is 0 Å². The summed E-state index contributed by atoms with van der Waals surface area (Å²) in [4.78, 5) is 12.3. The Morgan fingerprint density at radius 1 is 1.27 bits per heavy atom. The zero-order chi connectivity index (χ0) is 15.3. The minimum atomic E-state index is 0.0220. The summed E-state index contributed by atoms with van der Waals surface area (Å²) in [5.74, 6) is 0.0220. The van der Waals surface area contributed by atoms with Crippen molar-refractivity contribution < 1.29 is 9.90 Å². The first-order chi connectivity index (χ1) is 10.7. The predicted molar refractivity (Wildman–Crippen MR) is 87.1 cm³/mol. The molecule has 2 N–H and O–H groups in total. The summed E-state index contributed by atoms with van der Waals surface area (Å²) in [6.07, 6.45) is 0.704. The first kappa shape index (κ1) is 13.3. The average molecular weight is 294 g/mol. The maximum absolute atomic E-state index is 12.3.